The highest BCUT2D eigenvalue weighted by Gasteiger charge is 2.28. The molecule has 27 heavy (non-hydrogen) atoms. The summed E-state index contributed by atoms with van der Waals surface area (Å²) < 4.78 is 1.92. The normalized spacial score (nSPS) is 20.6. The van der Waals surface area contributed by atoms with Gasteiger partial charge in [-0.3, -0.25) is 14.3 Å². The van der Waals surface area contributed by atoms with E-state index in [2.05, 4.69) is 27.3 Å². The zero-order chi connectivity index (χ0) is 18.4. The van der Waals surface area contributed by atoms with Gasteiger partial charge in [-0.05, 0) is 44.7 Å². The van der Waals surface area contributed by atoms with Gasteiger partial charge in [0.15, 0.2) is 0 Å². The highest BCUT2D eigenvalue weighted by molar-refractivity contribution is 7.18. The van der Waals surface area contributed by atoms with Gasteiger partial charge in [-0.1, -0.05) is 12.8 Å². The molecule has 5 nitrogen and oxygen atoms in total. The Morgan fingerprint density at radius 3 is 2.89 bits per heavy atom. The van der Waals surface area contributed by atoms with Gasteiger partial charge >= 0.3 is 0 Å². The van der Waals surface area contributed by atoms with Crippen LogP contribution in [-0.4, -0.2) is 32.5 Å². The lowest BCUT2D eigenvalue weighted by Gasteiger charge is -2.30. The number of aromatic nitrogens is 3. The Balaban J connectivity index is 1.44. The molecule has 142 valence electrons. The monoisotopic (exact) mass is 400 g/mol. The Kier molecular flexibility index (Phi) is 4.61. The molecule has 0 amide bonds. The summed E-state index contributed by atoms with van der Waals surface area (Å²) in [5.41, 5.74) is 4.51. The molecule has 3 aromatic rings. The summed E-state index contributed by atoms with van der Waals surface area (Å²) in [6.45, 7) is 0.890. The molecule has 0 spiro atoms. The average molecular weight is 401 g/mol. The summed E-state index contributed by atoms with van der Waals surface area (Å²) in [5, 5.41) is 3.03. The second-order valence-electron chi connectivity index (χ2n) is 7.87. The van der Waals surface area contributed by atoms with E-state index in [1.165, 1.54) is 23.3 Å². The van der Waals surface area contributed by atoms with Crippen LogP contribution < -0.4 is 5.56 Å². The first-order chi connectivity index (χ1) is 13.2. The third kappa shape index (κ3) is 3.15. The fraction of sp³-hybridized carbons (Fsp3) is 0.550. The van der Waals surface area contributed by atoms with Gasteiger partial charge in [-0.2, -0.15) is 0 Å². The number of nitrogens with zero attached hydrogens (tertiary/aromatic N) is 4. The molecule has 1 unspecified atom stereocenters. The highest BCUT2D eigenvalue weighted by atomic mass is 32.1. The largest absolute Gasteiger partial charge is 0.297 e. The van der Waals surface area contributed by atoms with Crippen molar-refractivity contribution in [3.63, 3.8) is 0 Å². The van der Waals surface area contributed by atoms with Crippen LogP contribution in [-0.2, 0) is 19.4 Å². The third-order valence-corrected chi connectivity index (χ3v) is 8.00. The maximum absolute atomic E-state index is 13.2. The second-order valence-corrected chi connectivity index (χ2v) is 9.67. The van der Waals surface area contributed by atoms with Gasteiger partial charge in [0.25, 0.3) is 5.56 Å². The molecule has 1 atom stereocenters. The number of rotatable bonds is 4. The molecule has 0 saturated heterocycles. The molecule has 1 fully saturated rings. The summed E-state index contributed by atoms with van der Waals surface area (Å²) in [7, 11) is 2.19. The van der Waals surface area contributed by atoms with E-state index >= 15 is 0 Å². The first-order valence-corrected chi connectivity index (χ1v) is 11.6. The van der Waals surface area contributed by atoms with Crippen LogP contribution in [0.5, 0.6) is 0 Å². The standard InChI is InChI=1S/C20H24N4OS2/c1-23(9-13-10-26-12-22-13)15-6-7-16-17(8-15)27-19-18(16)20(25)24(11-21-19)14-4-2-3-5-14/h10-12,14-15H,2-9H2,1H3. The predicted octanol–water partition coefficient (Wildman–Crippen LogP) is 4.02. The molecule has 3 heterocycles. The third-order valence-electron chi connectivity index (χ3n) is 6.20. The summed E-state index contributed by atoms with van der Waals surface area (Å²) in [4.78, 5) is 27.0. The van der Waals surface area contributed by atoms with Crippen molar-refractivity contribution in [2.24, 2.45) is 0 Å². The minimum absolute atomic E-state index is 0.193. The second kappa shape index (κ2) is 7.11. The minimum Gasteiger partial charge on any atom is -0.297 e. The molecule has 0 radical (unpaired) electrons. The molecular formula is C20H24N4OS2. The Morgan fingerprint density at radius 2 is 2.11 bits per heavy atom. The molecule has 0 aliphatic heterocycles. The number of fused-ring (bicyclic) bond motifs is 3. The molecule has 7 heteroatoms. The van der Waals surface area contributed by atoms with E-state index in [1.54, 1.807) is 29.0 Å². The fourth-order valence-electron chi connectivity index (χ4n) is 4.68. The van der Waals surface area contributed by atoms with Gasteiger partial charge in [-0.15, -0.1) is 22.7 Å². The summed E-state index contributed by atoms with van der Waals surface area (Å²) in [6, 6.07) is 0.856. The van der Waals surface area contributed by atoms with Crippen LogP contribution in [0.25, 0.3) is 10.2 Å². The van der Waals surface area contributed by atoms with Crippen LogP contribution in [0.15, 0.2) is 22.0 Å². The predicted molar refractivity (Wildman–Crippen MR) is 111 cm³/mol. The van der Waals surface area contributed by atoms with E-state index in [0.29, 0.717) is 12.1 Å². The maximum atomic E-state index is 13.2. The molecule has 2 aliphatic rings. The van der Waals surface area contributed by atoms with Crippen molar-refractivity contribution in [1.29, 1.82) is 0 Å². The van der Waals surface area contributed by atoms with Crippen molar-refractivity contribution in [1.82, 2.24) is 19.4 Å². The van der Waals surface area contributed by atoms with Gasteiger partial charge in [-0.25, -0.2) is 9.97 Å². The number of aryl methyl sites for hydroxylation is 1. The van der Waals surface area contributed by atoms with E-state index in [0.717, 1.165) is 54.6 Å². The van der Waals surface area contributed by atoms with Crippen molar-refractivity contribution < 1.29 is 0 Å². The fourth-order valence-corrected chi connectivity index (χ4v) is 6.48. The molecule has 0 bridgehead atoms. The van der Waals surface area contributed by atoms with Crippen molar-refractivity contribution in [3.05, 3.63) is 43.7 Å². The lowest BCUT2D eigenvalue weighted by atomic mass is 9.92. The number of likely N-dealkylation sites (N-methyl/N-ethyl adjacent to an activating group) is 1. The van der Waals surface area contributed by atoms with Crippen LogP contribution in [0, 0.1) is 0 Å². The van der Waals surface area contributed by atoms with Gasteiger partial charge in [0.2, 0.25) is 0 Å². The molecule has 0 aromatic carbocycles. The summed E-state index contributed by atoms with van der Waals surface area (Å²) in [6.07, 6.45) is 9.57. The molecule has 0 N–H and O–H groups in total. The van der Waals surface area contributed by atoms with E-state index in [9.17, 15) is 4.79 Å². The van der Waals surface area contributed by atoms with Gasteiger partial charge in [0.1, 0.15) is 4.83 Å². The highest BCUT2D eigenvalue weighted by Crippen LogP contribution is 2.36. The quantitative estimate of drug-likeness (QED) is 0.664. The molecule has 1 saturated carbocycles. The molecule has 5 rings (SSSR count). The van der Waals surface area contributed by atoms with Gasteiger partial charge in [0, 0.05) is 28.9 Å². The Labute approximate surface area is 166 Å². The van der Waals surface area contributed by atoms with E-state index in [1.807, 2.05) is 10.1 Å². The number of thiophene rings is 1. The maximum Gasteiger partial charge on any atom is 0.262 e. The number of thiazole rings is 1. The van der Waals surface area contributed by atoms with Crippen LogP contribution >= 0.6 is 22.7 Å². The van der Waals surface area contributed by atoms with Crippen LogP contribution in [0.4, 0.5) is 0 Å². The van der Waals surface area contributed by atoms with Crippen molar-refractivity contribution in [2.45, 2.75) is 63.6 Å². The van der Waals surface area contributed by atoms with E-state index in [4.69, 9.17) is 0 Å². The van der Waals surface area contributed by atoms with Crippen LogP contribution in [0.3, 0.4) is 0 Å². The first kappa shape index (κ1) is 17.5. The minimum atomic E-state index is 0.193. The lowest BCUT2D eigenvalue weighted by molar-refractivity contribution is 0.213. The van der Waals surface area contributed by atoms with Crippen molar-refractivity contribution in [3.8, 4) is 0 Å². The summed E-state index contributed by atoms with van der Waals surface area (Å²) >= 11 is 3.38. The number of hydrogen-bond donors (Lipinski definition) is 0. The molecule has 2 aliphatic carbocycles. The Hall–Kier alpha value is -1.57. The first-order valence-electron chi connectivity index (χ1n) is 9.79. The number of hydrogen-bond acceptors (Lipinski definition) is 6. The SMILES string of the molecule is CN(Cc1cscn1)C1CCc2c(sc3ncn(C4CCCC4)c(=O)c23)C1. The Morgan fingerprint density at radius 1 is 1.26 bits per heavy atom. The van der Waals surface area contributed by atoms with Gasteiger partial charge < -0.3 is 0 Å². The summed E-state index contributed by atoms with van der Waals surface area (Å²) in [5.74, 6) is 0. The van der Waals surface area contributed by atoms with Crippen LogP contribution in [0.2, 0.25) is 0 Å². The van der Waals surface area contributed by atoms with Crippen LogP contribution in [0.1, 0.15) is 54.3 Å². The van der Waals surface area contributed by atoms with Crippen molar-refractivity contribution >= 4 is 32.9 Å². The topological polar surface area (TPSA) is 51.0 Å². The van der Waals surface area contributed by atoms with Crippen molar-refractivity contribution in [2.75, 3.05) is 7.05 Å². The van der Waals surface area contributed by atoms with Gasteiger partial charge in [0.05, 0.1) is 22.9 Å². The lowest BCUT2D eigenvalue weighted by Crippen LogP contribution is -2.35. The smallest absolute Gasteiger partial charge is 0.262 e. The zero-order valence-corrected chi connectivity index (χ0v) is 17.2. The zero-order valence-electron chi connectivity index (χ0n) is 15.6. The molecular weight excluding hydrogens is 376 g/mol. The molecule has 3 aromatic heterocycles. The van der Waals surface area contributed by atoms with E-state index in [-0.39, 0.29) is 5.56 Å². The van der Waals surface area contributed by atoms with E-state index < -0.39 is 0 Å². The average Bonchev–Trinajstić information content (AvgIpc) is 3.42. The Bertz CT molecular complexity index is 1000.